The molecule has 1 atom stereocenters. The van der Waals surface area contributed by atoms with E-state index in [4.69, 9.17) is 4.42 Å². The van der Waals surface area contributed by atoms with Crippen LogP contribution in [0, 0.1) is 6.92 Å². The second-order valence-corrected chi connectivity index (χ2v) is 7.27. The third-order valence-corrected chi connectivity index (χ3v) is 5.61. The Bertz CT molecular complexity index is 842. The van der Waals surface area contributed by atoms with Crippen molar-refractivity contribution in [2.45, 2.75) is 25.7 Å². The van der Waals surface area contributed by atoms with E-state index in [0.29, 0.717) is 28.9 Å². The Labute approximate surface area is 146 Å². The molecule has 1 aliphatic rings. The van der Waals surface area contributed by atoms with Gasteiger partial charge in [-0.15, -0.1) is 15.3 Å². The van der Waals surface area contributed by atoms with E-state index < -0.39 is 0 Å². The number of aryl methyl sites for hydroxylation is 1. The Hall–Kier alpha value is -2.13. The highest BCUT2D eigenvalue weighted by Gasteiger charge is 2.30. The van der Waals surface area contributed by atoms with Crippen molar-refractivity contribution in [3.8, 4) is 11.5 Å². The lowest BCUT2D eigenvalue weighted by atomic mass is 9.98. The Morgan fingerprint density at radius 1 is 1.38 bits per heavy atom. The van der Waals surface area contributed by atoms with Gasteiger partial charge in [-0.1, -0.05) is 4.49 Å². The van der Waals surface area contributed by atoms with Gasteiger partial charge in [0.1, 0.15) is 4.88 Å². The molecule has 9 heteroatoms. The second kappa shape index (κ2) is 6.40. The standard InChI is InChI=1S/C15H15N5O2S2/c1-9-12(24-19-16-9)15(21)20-5-2-3-10(7-20)13-17-18-14(22-13)11-4-6-23-8-11/h4,6,8,10H,2-3,5,7H2,1H3. The number of amides is 1. The van der Waals surface area contributed by atoms with Crippen molar-refractivity contribution in [1.29, 1.82) is 0 Å². The molecule has 1 fully saturated rings. The fourth-order valence-corrected chi connectivity index (χ4v) is 4.09. The molecule has 0 spiro atoms. The lowest BCUT2D eigenvalue weighted by Gasteiger charge is -2.30. The maximum Gasteiger partial charge on any atom is 0.267 e. The van der Waals surface area contributed by atoms with Crippen LogP contribution in [0.4, 0.5) is 0 Å². The van der Waals surface area contributed by atoms with Crippen molar-refractivity contribution in [3.63, 3.8) is 0 Å². The monoisotopic (exact) mass is 361 g/mol. The first-order chi connectivity index (χ1) is 11.7. The van der Waals surface area contributed by atoms with Crippen molar-refractivity contribution in [1.82, 2.24) is 24.7 Å². The number of carbonyl (C=O) groups excluding carboxylic acids is 1. The van der Waals surface area contributed by atoms with Crippen molar-refractivity contribution in [2.24, 2.45) is 0 Å². The van der Waals surface area contributed by atoms with Crippen molar-refractivity contribution in [3.05, 3.63) is 33.3 Å². The van der Waals surface area contributed by atoms with Gasteiger partial charge in [-0.2, -0.15) is 11.3 Å². The topological polar surface area (TPSA) is 85.0 Å². The smallest absolute Gasteiger partial charge is 0.267 e. The SMILES string of the molecule is Cc1nnsc1C(=O)N1CCCC(c2nnc(-c3ccsc3)o2)C1. The van der Waals surface area contributed by atoms with Gasteiger partial charge in [-0.25, -0.2) is 0 Å². The average molecular weight is 361 g/mol. The van der Waals surface area contributed by atoms with E-state index in [0.717, 1.165) is 36.5 Å². The van der Waals surface area contributed by atoms with E-state index in [-0.39, 0.29) is 11.8 Å². The highest BCUT2D eigenvalue weighted by atomic mass is 32.1. The quantitative estimate of drug-likeness (QED) is 0.713. The summed E-state index contributed by atoms with van der Waals surface area (Å²) in [4.78, 5) is 15.1. The first-order valence-corrected chi connectivity index (χ1v) is 9.38. The van der Waals surface area contributed by atoms with E-state index in [1.165, 1.54) is 0 Å². The predicted octanol–water partition coefficient (Wildman–Crippen LogP) is 2.98. The maximum absolute atomic E-state index is 12.6. The van der Waals surface area contributed by atoms with Crippen LogP contribution in [-0.2, 0) is 0 Å². The number of nitrogens with zero attached hydrogens (tertiary/aromatic N) is 5. The van der Waals surface area contributed by atoms with E-state index in [2.05, 4.69) is 19.8 Å². The van der Waals surface area contributed by atoms with Crippen LogP contribution in [0.2, 0.25) is 0 Å². The van der Waals surface area contributed by atoms with Gasteiger partial charge in [0.15, 0.2) is 0 Å². The number of aromatic nitrogens is 4. The molecule has 1 saturated heterocycles. The molecule has 0 saturated carbocycles. The van der Waals surface area contributed by atoms with Gasteiger partial charge in [0.2, 0.25) is 11.8 Å². The zero-order valence-electron chi connectivity index (χ0n) is 13.0. The van der Waals surface area contributed by atoms with Gasteiger partial charge in [-0.05, 0) is 42.7 Å². The van der Waals surface area contributed by atoms with E-state index >= 15 is 0 Å². The summed E-state index contributed by atoms with van der Waals surface area (Å²) >= 11 is 2.74. The minimum absolute atomic E-state index is 0.00947. The molecule has 0 radical (unpaired) electrons. The Kier molecular flexibility index (Phi) is 4.11. The molecular formula is C15H15N5O2S2. The Morgan fingerprint density at radius 2 is 2.29 bits per heavy atom. The van der Waals surface area contributed by atoms with Crippen molar-refractivity contribution in [2.75, 3.05) is 13.1 Å². The number of rotatable bonds is 3. The summed E-state index contributed by atoms with van der Waals surface area (Å²) in [6.45, 7) is 3.13. The summed E-state index contributed by atoms with van der Waals surface area (Å²) in [5.41, 5.74) is 1.62. The summed E-state index contributed by atoms with van der Waals surface area (Å²) in [6.07, 6.45) is 1.85. The lowest BCUT2D eigenvalue weighted by Crippen LogP contribution is -2.39. The summed E-state index contributed by atoms with van der Waals surface area (Å²) in [7, 11) is 0. The number of likely N-dealkylation sites (tertiary alicyclic amines) is 1. The summed E-state index contributed by atoms with van der Waals surface area (Å²) in [5.74, 6) is 1.21. The van der Waals surface area contributed by atoms with Gasteiger partial charge in [-0.3, -0.25) is 4.79 Å². The highest BCUT2D eigenvalue weighted by Crippen LogP contribution is 2.30. The van der Waals surface area contributed by atoms with Gasteiger partial charge < -0.3 is 9.32 Å². The predicted molar refractivity (Wildman–Crippen MR) is 90.1 cm³/mol. The summed E-state index contributed by atoms with van der Waals surface area (Å²) in [6, 6.07) is 1.96. The lowest BCUT2D eigenvalue weighted by molar-refractivity contribution is 0.0702. The van der Waals surface area contributed by atoms with Crippen LogP contribution in [0.3, 0.4) is 0 Å². The third kappa shape index (κ3) is 2.84. The van der Waals surface area contributed by atoms with Gasteiger partial charge in [0, 0.05) is 24.0 Å². The Morgan fingerprint density at radius 3 is 3.04 bits per heavy atom. The van der Waals surface area contributed by atoms with Gasteiger partial charge >= 0.3 is 0 Å². The van der Waals surface area contributed by atoms with Crippen molar-refractivity contribution < 1.29 is 9.21 Å². The molecule has 3 aromatic rings. The number of hydrogen-bond donors (Lipinski definition) is 0. The fourth-order valence-electron chi connectivity index (χ4n) is 2.84. The molecule has 7 nitrogen and oxygen atoms in total. The van der Waals surface area contributed by atoms with Crippen molar-refractivity contribution >= 4 is 28.8 Å². The van der Waals surface area contributed by atoms with Crippen LogP contribution in [-0.4, -0.2) is 43.7 Å². The van der Waals surface area contributed by atoms with Crippen LogP contribution in [0.25, 0.3) is 11.5 Å². The molecule has 124 valence electrons. The highest BCUT2D eigenvalue weighted by molar-refractivity contribution is 7.08. The van der Waals surface area contributed by atoms with E-state index in [9.17, 15) is 4.79 Å². The zero-order valence-corrected chi connectivity index (χ0v) is 14.6. The fraction of sp³-hybridized carbons (Fsp3) is 0.400. The zero-order chi connectivity index (χ0) is 16.5. The minimum Gasteiger partial charge on any atom is -0.420 e. The van der Waals surface area contributed by atoms with Crippen LogP contribution in [0.1, 0.15) is 40.0 Å². The van der Waals surface area contributed by atoms with E-state index in [1.54, 1.807) is 11.3 Å². The molecule has 0 aliphatic carbocycles. The number of carbonyl (C=O) groups is 1. The van der Waals surface area contributed by atoms with E-state index in [1.807, 2.05) is 28.7 Å². The first kappa shape index (κ1) is 15.4. The normalized spacial score (nSPS) is 18.0. The molecule has 1 unspecified atom stereocenters. The van der Waals surface area contributed by atoms with Gasteiger partial charge in [0.25, 0.3) is 5.91 Å². The molecule has 1 aliphatic heterocycles. The average Bonchev–Trinajstić information content (AvgIpc) is 3.35. The molecule has 3 aromatic heterocycles. The molecule has 0 aromatic carbocycles. The summed E-state index contributed by atoms with van der Waals surface area (Å²) < 4.78 is 9.69. The Balaban J connectivity index is 1.51. The number of thiophene rings is 1. The third-order valence-electron chi connectivity index (χ3n) is 4.11. The molecular weight excluding hydrogens is 346 g/mol. The molecule has 4 rings (SSSR count). The molecule has 0 N–H and O–H groups in total. The van der Waals surface area contributed by atoms with Crippen LogP contribution in [0.15, 0.2) is 21.2 Å². The molecule has 0 bridgehead atoms. The van der Waals surface area contributed by atoms with Gasteiger partial charge in [0.05, 0.1) is 11.6 Å². The summed E-state index contributed by atoms with van der Waals surface area (Å²) in [5, 5.41) is 16.2. The minimum atomic E-state index is -0.00947. The number of piperidine rings is 1. The van der Waals surface area contributed by atoms with Crippen LogP contribution >= 0.6 is 22.9 Å². The van der Waals surface area contributed by atoms with Crippen LogP contribution in [0.5, 0.6) is 0 Å². The molecule has 24 heavy (non-hydrogen) atoms. The maximum atomic E-state index is 12.6. The second-order valence-electron chi connectivity index (χ2n) is 5.74. The molecule has 1 amide bonds. The number of hydrogen-bond acceptors (Lipinski definition) is 8. The largest absolute Gasteiger partial charge is 0.420 e. The van der Waals surface area contributed by atoms with Crippen LogP contribution < -0.4 is 0 Å². The molecule has 4 heterocycles. The first-order valence-electron chi connectivity index (χ1n) is 7.66.